The Hall–Kier alpha value is -2.54. The summed E-state index contributed by atoms with van der Waals surface area (Å²) in [7, 11) is 0. The van der Waals surface area contributed by atoms with Crippen molar-refractivity contribution in [2.24, 2.45) is 0 Å². The van der Waals surface area contributed by atoms with E-state index in [0.29, 0.717) is 23.3 Å². The van der Waals surface area contributed by atoms with Crippen LogP contribution in [0.2, 0.25) is 0 Å². The molecule has 1 fully saturated rings. The lowest BCUT2D eigenvalue weighted by Gasteiger charge is -2.28. The fourth-order valence-electron chi connectivity index (χ4n) is 3.78. The maximum absolute atomic E-state index is 13.1. The van der Waals surface area contributed by atoms with Gasteiger partial charge in [0.05, 0.1) is 11.9 Å². The number of hydrogen-bond acceptors (Lipinski definition) is 5. The van der Waals surface area contributed by atoms with Crippen molar-refractivity contribution in [3.8, 4) is 0 Å². The Kier molecular flexibility index (Phi) is 4.78. The van der Waals surface area contributed by atoms with Gasteiger partial charge in [-0.25, -0.2) is 4.98 Å². The van der Waals surface area contributed by atoms with Crippen molar-refractivity contribution >= 4 is 27.5 Å². The van der Waals surface area contributed by atoms with E-state index in [-0.39, 0.29) is 17.5 Å². The zero-order valence-corrected chi connectivity index (χ0v) is 16.3. The molecule has 0 unspecified atom stereocenters. The van der Waals surface area contributed by atoms with Crippen LogP contribution in [-0.4, -0.2) is 31.8 Å². The van der Waals surface area contributed by atoms with E-state index in [1.807, 2.05) is 18.7 Å². The van der Waals surface area contributed by atoms with Crippen LogP contribution in [-0.2, 0) is 6.54 Å². The summed E-state index contributed by atoms with van der Waals surface area (Å²) in [4.78, 5) is 41.0. The molecule has 0 radical (unpaired) electrons. The van der Waals surface area contributed by atoms with Gasteiger partial charge in [0.25, 0.3) is 11.5 Å². The quantitative estimate of drug-likeness (QED) is 0.748. The second kappa shape index (κ2) is 7.23. The number of H-pyrrole nitrogens is 1. The first kappa shape index (κ1) is 17.9. The van der Waals surface area contributed by atoms with E-state index >= 15 is 0 Å². The largest absolute Gasteiger partial charge is 0.328 e. The van der Waals surface area contributed by atoms with E-state index in [2.05, 4.69) is 15.0 Å². The highest BCUT2D eigenvalue weighted by Crippen LogP contribution is 2.28. The average Bonchev–Trinajstić information content (AvgIpc) is 3.29. The van der Waals surface area contributed by atoms with Gasteiger partial charge in [0.15, 0.2) is 0 Å². The topological polar surface area (TPSA) is 79.0 Å². The Morgan fingerprint density at radius 3 is 2.67 bits per heavy atom. The third kappa shape index (κ3) is 3.39. The number of fused-ring (bicyclic) bond motifs is 1. The lowest BCUT2D eigenvalue weighted by Crippen LogP contribution is -2.39. The predicted molar refractivity (Wildman–Crippen MR) is 106 cm³/mol. The van der Waals surface area contributed by atoms with Crippen LogP contribution in [0.1, 0.15) is 52.3 Å². The second-order valence-corrected chi connectivity index (χ2v) is 8.29. The summed E-state index contributed by atoms with van der Waals surface area (Å²) in [5, 5.41) is 0.661. The number of carbonyl (C=O) groups is 1. The molecular weight excluding hydrogens is 360 g/mol. The van der Waals surface area contributed by atoms with Crippen LogP contribution in [0.25, 0.3) is 10.2 Å². The number of thiophene rings is 1. The molecule has 1 saturated carbocycles. The highest BCUT2D eigenvalue weighted by molar-refractivity contribution is 7.18. The molecule has 4 rings (SSSR count). The van der Waals surface area contributed by atoms with Gasteiger partial charge < -0.3 is 9.88 Å². The summed E-state index contributed by atoms with van der Waals surface area (Å²) < 4.78 is 0. The Labute approximate surface area is 161 Å². The molecule has 1 aliphatic rings. The van der Waals surface area contributed by atoms with Crippen LogP contribution in [0, 0.1) is 13.8 Å². The smallest absolute Gasteiger partial charge is 0.259 e. The summed E-state index contributed by atoms with van der Waals surface area (Å²) in [6, 6.07) is 3.64. The molecule has 27 heavy (non-hydrogen) atoms. The fraction of sp³-hybridized carbons (Fsp3) is 0.400. The number of aryl methyl sites for hydroxylation is 2. The van der Waals surface area contributed by atoms with Crippen LogP contribution in [0.5, 0.6) is 0 Å². The van der Waals surface area contributed by atoms with Crippen LogP contribution >= 0.6 is 11.3 Å². The summed E-state index contributed by atoms with van der Waals surface area (Å²) in [6.07, 6.45) is 7.47. The van der Waals surface area contributed by atoms with Crippen molar-refractivity contribution in [1.29, 1.82) is 0 Å². The van der Waals surface area contributed by atoms with Gasteiger partial charge in [0.2, 0.25) is 0 Å². The molecule has 6 nitrogen and oxygen atoms in total. The van der Waals surface area contributed by atoms with Crippen molar-refractivity contribution in [2.45, 2.75) is 52.1 Å². The van der Waals surface area contributed by atoms with Crippen molar-refractivity contribution in [3.05, 3.63) is 56.7 Å². The highest BCUT2D eigenvalue weighted by Gasteiger charge is 2.28. The van der Waals surface area contributed by atoms with Gasteiger partial charge in [-0.05, 0) is 44.4 Å². The number of rotatable bonds is 4. The van der Waals surface area contributed by atoms with Crippen molar-refractivity contribution < 1.29 is 4.79 Å². The van der Waals surface area contributed by atoms with Crippen LogP contribution in [0.4, 0.5) is 0 Å². The lowest BCUT2D eigenvalue weighted by atomic mass is 10.1. The average molecular weight is 382 g/mol. The normalized spacial score (nSPS) is 14.7. The third-order valence-corrected chi connectivity index (χ3v) is 6.46. The summed E-state index contributed by atoms with van der Waals surface area (Å²) in [5.41, 5.74) is 1.47. The SMILES string of the molecule is Cc1sc2nc(CN(C(=O)c3ccncc3)C3CCCC3)[nH]c(=O)c2c1C. The van der Waals surface area contributed by atoms with Crippen molar-refractivity contribution in [2.75, 3.05) is 0 Å². The third-order valence-electron chi connectivity index (χ3n) is 5.36. The highest BCUT2D eigenvalue weighted by atomic mass is 32.1. The Balaban J connectivity index is 1.70. The van der Waals surface area contributed by atoms with Gasteiger partial charge in [-0.15, -0.1) is 11.3 Å². The molecule has 3 aromatic heterocycles. The molecule has 0 aliphatic heterocycles. The number of aromatic nitrogens is 3. The number of aromatic amines is 1. The van der Waals surface area contributed by atoms with Gasteiger partial charge in [-0.2, -0.15) is 0 Å². The zero-order chi connectivity index (χ0) is 19.0. The van der Waals surface area contributed by atoms with E-state index in [4.69, 9.17) is 0 Å². The number of carbonyl (C=O) groups excluding carboxylic acids is 1. The Morgan fingerprint density at radius 2 is 1.96 bits per heavy atom. The van der Waals surface area contributed by atoms with Crippen molar-refractivity contribution in [3.63, 3.8) is 0 Å². The van der Waals surface area contributed by atoms with Gasteiger partial charge in [0.1, 0.15) is 10.7 Å². The van der Waals surface area contributed by atoms with Crippen LogP contribution in [0.3, 0.4) is 0 Å². The van der Waals surface area contributed by atoms with Crippen LogP contribution in [0.15, 0.2) is 29.3 Å². The molecule has 0 saturated heterocycles. The summed E-state index contributed by atoms with van der Waals surface area (Å²) >= 11 is 1.53. The number of hydrogen-bond donors (Lipinski definition) is 1. The van der Waals surface area contributed by atoms with E-state index in [0.717, 1.165) is 41.0 Å². The number of amides is 1. The molecule has 1 amide bonds. The fourth-order valence-corrected chi connectivity index (χ4v) is 4.83. The minimum atomic E-state index is -0.125. The first-order valence-corrected chi connectivity index (χ1v) is 10.1. The number of pyridine rings is 1. The zero-order valence-electron chi connectivity index (χ0n) is 15.5. The second-order valence-electron chi connectivity index (χ2n) is 7.08. The van der Waals surface area contributed by atoms with Crippen molar-refractivity contribution in [1.82, 2.24) is 19.9 Å². The monoisotopic (exact) mass is 382 g/mol. The van der Waals surface area contributed by atoms with Gasteiger partial charge in [-0.3, -0.25) is 14.6 Å². The molecule has 0 spiro atoms. The summed E-state index contributed by atoms with van der Waals surface area (Å²) in [6.45, 7) is 4.26. The molecular formula is C20H22N4O2S. The predicted octanol–water partition coefficient (Wildman–Crippen LogP) is 3.58. The molecule has 1 aliphatic carbocycles. The molecule has 3 aromatic rings. The van der Waals surface area contributed by atoms with Gasteiger partial charge in [0, 0.05) is 28.9 Å². The first-order valence-electron chi connectivity index (χ1n) is 9.24. The maximum atomic E-state index is 13.1. The molecule has 1 N–H and O–H groups in total. The number of nitrogens with zero attached hydrogens (tertiary/aromatic N) is 3. The number of nitrogens with one attached hydrogen (secondary N) is 1. The molecule has 0 atom stereocenters. The van der Waals surface area contributed by atoms with E-state index in [9.17, 15) is 9.59 Å². The first-order chi connectivity index (χ1) is 13.0. The Bertz CT molecular complexity index is 1040. The molecule has 3 heterocycles. The van der Waals surface area contributed by atoms with Crippen LogP contribution < -0.4 is 5.56 Å². The van der Waals surface area contributed by atoms with E-state index in [1.54, 1.807) is 24.5 Å². The van der Waals surface area contributed by atoms with E-state index in [1.165, 1.54) is 11.3 Å². The Morgan fingerprint density at radius 1 is 1.26 bits per heavy atom. The summed E-state index contributed by atoms with van der Waals surface area (Å²) in [5.74, 6) is 0.508. The standard InChI is InChI=1S/C20H22N4O2S/c1-12-13(2)27-19-17(12)18(25)22-16(23-19)11-24(15-5-3-4-6-15)20(26)14-7-9-21-10-8-14/h7-10,15H,3-6,11H2,1-2H3,(H,22,23,25). The molecule has 0 aromatic carbocycles. The molecule has 0 bridgehead atoms. The van der Waals surface area contributed by atoms with E-state index < -0.39 is 0 Å². The lowest BCUT2D eigenvalue weighted by molar-refractivity contribution is 0.0658. The molecule has 7 heteroatoms. The van der Waals surface area contributed by atoms with Gasteiger partial charge >= 0.3 is 0 Å². The van der Waals surface area contributed by atoms with Gasteiger partial charge in [-0.1, -0.05) is 12.8 Å². The molecule has 140 valence electrons. The minimum absolute atomic E-state index is 0.0365. The minimum Gasteiger partial charge on any atom is -0.328 e. The maximum Gasteiger partial charge on any atom is 0.259 e.